The van der Waals surface area contributed by atoms with Gasteiger partial charge in [0, 0.05) is 19.7 Å². The number of halogens is 1. The third kappa shape index (κ3) is 3.07. The third-order valence-corrected chi connectivity index (χ3v) is 3.73. The van der Waals surface area contributed by atoms with Crippen molar-refractivity contribution in [3.63, 3.8) is 0 Å². The standard InChI is InChI=1S/C12H18ClN3O/c1-9-8-16(6-4-10(9)5-7-17)12-3-2-11(13)14-15-12/h2-3,9-10,17H,4-8H2,1H3/t9-,10-/m0/s1. The van der Waals surface area contributed by atoms with Gasteiger partial charge in [-0.2, -0.15) is 0 Å². The van der Waals surface area contributed by atoms with Crippen LogP contribution in [0.1, 0.15) is 19.8 Å². The predicted octanol–water partition coefficient (Wildman–Crippen LogP) is 1.97. The molecule has 2 atom stereocenters. The SMILES string of the molecule is C[C@H]1CN(c2ccc(Cl)nn2)CC[C@H]1CCO. The van der Waals surface area contributed by atoms with Gasteiger partial charge in [-0.15, -0.1) is 10.2 Å². The van der Waals surface area contributed by atoms with Crippen LogP contribution >= 0.6 is 11.6 Å². The summed E-state index contributed by atoms with van der Waals surface area (Å²) in [5.74, 6) is 2.09. The molecule has 0 spiro atoms. The first-order valence-electron chi connectivity index (χ1n) is 6.05. The summed E-state index contributed by atoms with van der Waals surface area (Å²) >= 11 is 5.72. The Morgan fingerprint density at radius 3 is 2.88 bits per heavy atom. The molecule has 2 heterocycles. The number of aliphatic hydroxyl groups is 1. The molecule has 1 fully saturated rings. The molecule has 17 heavy (non-hydrogen) atoms. The molecule has 1 aromatic rings. The van der Waals surface area contributed by atoms with Gasteiger partial charge in [0.1, 0.15) is 0 Å². The van der Waals surface area contributed by atoms with Gasteiger partial charge in [-0.25, -0.2) is 0 Å². The van der Waals surface area contributed by atoms with Crippen LogP contribution in [0.4, 0.5) is 5.82 Å². The molecule has 1 saturated heterocycles. The molecule has 4 nitrogen and oxygen atoms in total. The first kappa shape index (κ1) is 12.6. The summed E-state index contributed by atoms with van der Waals surface area (Å²) in [5.41, 5.74) is 0. The fourth-order valence-corrected chi connectivity index (χ4v) is 2.58. The van der Waals surface area contributed by atoms with Crippen molar-refractivity contribution in [2.24, 2.45) is 11.8 Å². The average molecular weight is 256 g/mol. The van der Waals surface area contributed by atoms with Crippen LogP contribution in [0, 0.1) is 11.8 Å². The number of nitrogens with zero attached hydrogens (tertiary/aromatic N) is 3. The maximum Gasteiger partial charge on any atom is 0.151 e. The van der Waals surface area contributed by atoms with E-state index in [4.69, 9.17) is 16.7 Å². The van der Waals surface area contributed by atoms with Gasteiger partial charge in [0.15, 0.2) is 11.0 Å². The highest BCUT2D eigenvalue weighted by Crippen LogP contribution is 2.28. The van der Waals surface area contributed by atoms with Crippen LogP contribution in [0.25, 0.3) is 0 Å². The van der Waals surface area contributed by atoms with E-state index >= 15 is 0 Å². The highest BCUT2D eigenvalue weighted by molar-refractivity contribution is 6.29. The van der Waals surface area contributed by atoms with Crippen molar-refractivity contribution < 1.29 is 5.11 Å². The average Bonchev–Trinajstić information content (AvgIpc) is 2.33. The Labute approximate surface area is 107 Å². The summed E-state index contributed by atoms with van der Waals surface area (Å²) in [6, 6.07) is 3.68. The monoisotopic (exact) mass is 255 g/mol. The zero-order chi connectivity index (χ0) is 12.3. The molecule has 0 saturated carbocycles. The van der Waals surface area contributed by atoms with E-state index in [0.29, 0.717) is 17.0 Å². The van der Waals surface area contributed by atoms with Gasteiger partial charge in [-0.3, -0.25) is 0 Å². The largest absolute Gasteiger partial charge is 0.396 e. The van der Waals surface area contributed by atoms with Gasteiger partial charge in [0.05, 0.1) is 0 Å². The minimum absolute atomic E-state index is 0.287. The van der Waals surface area contributed by atoms with E-state index in [9.17, 15) is 0 Å². The number of hydrogen-bond acceptors (Lipinski definition) is 4. The van der Waals surface area contributed by atoms with Crippen LogP contribution in [-0.2, 0) is 0 Å². The highest BCUT2D eigenvalue weighted by atomic mass is 35.5. The van der Waals surface area contributed by atoms with Gasteiger partial charge >= 0.3 is 0 Å². The molecular formula is C12H18ClN3O. The van der Waals surface area contributed by atoms with Crippen molar-refractivity contribution in [3.8, 4) is 0 Å². The molecule has 1 aliphatic heterocycles. The lowest BCUT2D eigenvalue weighted by molar-refractivity contribution is 0.205. The highest BCUT2D eigenvalue weighted by Gasteiger charge is 2.26. The van der Waals surface area contributed by atoms with Crippen molar-refractivity contribution in [1.29, 1.82) is 0 Å². The molecule has 1 aliphatic rings. The summed E-state index contributed by atoms with van der Waals surface area (Å²) < 4.78 is 0. The lowest BCUT2D eigenvalue weighted by Crippen LogP contribution is -2.40. The van der Waals surface area contributed by atoms with Crippen LogP contribution in [0.3, 0.4) is 0 Å². The fraction of sp³-hybridized carbons (Fsp3) is 0.667. The van der Waals surface area contributed by atoms with Crippen LogP contribution in [0.5, 0.6) is 0 Å². The number of hydrogen-bond donors (Lipinski definition) is 1. The van der Waals surface area contributed by atoms with Crippen LogP contribution in [-0.4, -0.2) is 35.0 Å². The summed E-state index contributed by atoms with van der Waals surface area (Å²) in [5, 5.41) is 17.4. The number of anilines is 1. The molecule has 1 aromatic heterocycles. The Bertz CT molecular complexity index is 357. The molecule has 0 unspecified atom stereocenters. The number of rotatable bonds is 3. The lowest BCUT2D eigenvalue weighted by atomic mass is 9.85. The molecule has 0 aliphatic carbocycles. The minimum atomic E-state index is 0.287. The van der Waals surface area contributed by atoms with Crippen LogP contribution in [0.2, 0.25) is 5.15 Å². The van der Waals surface area contributed by atoms with Gasteiger partial charge in [-0.05, 0) is 36.8 Å². The zero-order valence-electron chi connectivity index (χ0n) is 10.0. The Balaban J connectivity index is 1.99. The summed E-state index contributed by atoms with van der Waals surface area (Å²) in [4.78, 5) is 2.24. The second-order valence-electron chi connectivity index (χ2n) is 4.70. The molecule has 0 bridgehead atoms. The molecule has 0 radical (unpaired) electrons. The van der Waals surface area contributed by atoms with Crippen molar-refractivity contribution >= 4 is 17.4 Å². The molecule has 5 heteroatoms. The molecule has 0 amide bonds. The maximum absolute atomic E-state index is 9.00. The Morgan fingerprint density at radius 2 is 2.29 bits per heavy atom. The minimum Gasteiger partial charge on any atom is -0.396 e. The second kappa shape index (κ2) is 5.65. The second-order valence-corrected chi connectivity index (χ2v) is 5.09. The van der Waals surface area contributed by atoms with Crippen LogP contribution < -0.4 is 4.90 Å². The maximum atomic E-state index is 9.00. The molecule has 2 rings (SSSR count). The van der Waals surface area contributed by atoms with Crippen molar-refractivity contribution in [3.05, 3.63) is 17.3 Å². The van der Waals surface area contributed by atoms with E-state index in [-0.39, 0.29) is 6.61 Å². The van der Waals surface area contributed by atoms with Crippen molar-refractivity contribution in [1.82, 2.24) is 10.2 Å². The number of aromatic nitrogens is 2. The first-order chi connectivity index (χ1) is 8.20. The summed E-state index contributed by atoms with van der Waals surface area (Å²) in [6.45, 7) is 4.47. The van der Waals surface area contributed by atoms with E-state index < -0.39 is 0 Å². The van der Waals surface area contributed by atoms with E-state index in [1.165, 1.54) is 0 Å². The van der Waals surface area contributed by atoms with E-state index in [0.717, 1.165) is 31.7 Å². The van der Waals surface area contributed by atoms with Crippen molar-refractivity contribution in [2.75, 3.05) is 24.6 Å². The smallest absolute Gasteiger partial charge is 0.151 e. The lowest BCUT2D eigenvalue weighted by Gasteiger charge is -2.37. The normalized spacial score (nSPS) is 25.0. The Kier molecular flexibility index (Phi) is 4.18. The van der Waals surface area contributed by atoms with Crippen LogP contribution in [0.15, 0.2) is 12.1 Å². The summed E-state index contributed by atoms with van der Waals surface area (Å²) in [7, 11) is 0. The number of aliphatic hydroxyl groups excluding tert-OH is 1. The third-order valence-electron chi connectivity index (χ3n) is 3.52. The number of piperidine rings is 1. The van der Waals surface area contributed by atoms with E-state index in [2.05, 4.69) is 22.0 Å². The Hall–Kier alpha value is -0.870. The first-order valence-corrected chi connectivity index (χ1v) is 6.43. The molecule has 94 valence electrons. The summed E-state index contributed by atoms with van der Waals surface area (Å²) in [6.07, 6.45) is 2.01. The zero-order valence-corrected chi connectivity index (χ0v) is 10.8. The van der Waals surface area contributed by atoms with Gasteiger partial charge in [0.2, 0.25) is 0 Å². The molecule has 1 N–H and O–H groups in total. The van der Waals surface area contributed by atoms with Gasteiger partial charge in [-0.1, -0.05) is 18.5 Å². The molecule has 0 aromatic carbocycles. The molecular weight excluding hydrogens is 238 g/mol. The van der Waals surface area contributed by atoms with Gasteiger partial charge < -0.3 is 10.0 Å². The van der Waals surface area contributed by atoms with E-state index in [1.807, 2.05) is 6.07 Å². The van der Waals surface area contributed by atoms with E-state index in [1.54, 1.807) is 6.07 Å². The Morgan fingerprint density at radius 1 is 1.47 bits per heavy atom. The van der Waals surface area contributed by atoms with Gasteiger partial charge in [0.25, 0.3) is 0 Å². The quantitative estimate of drug-likeness (QED) is 0.897. The predicted molar refractivity (Wildman–Crippen MR) is 68.2 cm³/mol. The fourth-order valence-electron chi connectivity index (χ4n) is 2.47. The topological polar surface area (TPSA) is 49.2 Å². The van der Waals surface area contributed by atoms with Crippen molar-refractivity contribution in [2.45, 2.75) is 19.8 Å².